The number of benzene rings is 1. The van der Waals surface area contributed by atoms with Gasteiger partial charge in [-0.25, -0.2) is 0 Å². The van der Waals surface area contributed by atoms with Gasteiger partial charge in [0.25, 0.3) is 0 Å². The first-order valence-electron chi connectivity index (χ1n) is 6.65. The maximum atomic E-state index is 12.5. The van der Waals surface area contributed by atoms with Crippen LogP contribution in [0.3, 0.4) is 0 Å². The zero-order chi connectivity index (χ0) is 13.0. The third-order valence-corrected chi connectivity index (χ3v) is 6.96. The monoisotopic (exact) mass is 283 g/mol. The van der Waals surface area contributed by atoms with Crippen LogP contribution in [0.4, 0.5) is 5.69 Å². The number of rotatable bonds is 4. The Kier molecular flexibility index (Phi) is 4.80. The SMILES string of the molecule is CP(C)(=O)N(SC1CCCCC1)c1ccccc1. The Labute approximate surface area is 115 Å². The molecule has 0 saturated heterocycles. The largest absolute Gasteiger partial charge is 0.300 e. The maximum absolute atomic E-state index is 12.5. The summed E-state index contributed by atoms with van der Waals surface area (Å²) >= 11 is 1.80. The fraction of sp³-hybridized carbons (Fsp3) is 0.571. The molecule has 100 valence electrons. The molecule has 2 nitrogen and oxygen atoms in total. The second-order valence-corrected chi connectivity index (χ2v) is 9.77. The van der Waals surface area contributed by atoms with Crippen molar-refractivity contribution in [2.24, 2.45) is 0 Å². The minimum atomic E-state index is -2.27. The van der Waals surface area contributed by atoms with Gasteiger partial charge in [0.1, 0.15) is 0 Å². The Hall–Kier alpha value is -0.400. The maximum Gasteiger partial charge on any atom is 0.176 e. The highest BCUT2D eigenvalue weighted by atomic mass is 32.2. The number of anilines is 1. The van der Waals surface area contributed by atoms with Gasteiger partial charge in [-0.3, -0.25) is 8.64 Å². The van der Waals surface area contributed by atoms with Crippen LogP contribution in [0.5, 0.6) is 0 Å². The van der Waals surface area contributed by atoms with Crippen molar-refractivity contribution in [3.05, 3.63) is 30.3 Å². The molecule has 0 bridgehead atoms. The standard InChI is InChI=1S/C14H22NOPS/c1-17(2,16)15(13-9-5-3-6-10-13)18-14-11-7-4-8-12-14/h3,5-6,9-10,14H,4,7-8,11-12H2,1-2H3. The second-order valence-electron chi connectivity index (χ2n) is 5.27. The molecule has 1 fully saturated rings. The van der Waals surface area contributed by atoms with E-state index in [9.17, 15) is 4.57 Å². The summed E-state index contributed by atoms with van der Waals surface area (Å²) in [5.41, 5.74) is 1.07. The average Bonchev–Trinajstić information content (AvgIpc) is 2.37. The van der Waals surface area contributed by atoms with Gasteiger partial charge in [0.15, 0.2) is 7.29 Å². The molecule has 0 amide bonds. The van der Waals surface area contributed by atoms with E-state index in [0.29, 0.717) is 5.25 Å². The highest BCUT2D eigenvalue weighted by Crippen LogP contribution is 2.52. The summed E-state index contributed by atoms with van der Waals surface area (Å²) in [6.45, 7) is 3.71. The lowest BCUT2D eigenvalue weighted by molar-refractivity contribution is 0.516. The van der Waals surface area contributed by atoms with Crippen LogP contribution in [0.25, 0.3) is 0 Å². The highest BCUT2D eigenvalue weighted by Gasteiger charge is 2.25. The van der Waals surface area contributed by atoms with E-state index in [4.69, 9.17) is 0 Å². The van der Waals surface area contributed by atoms with Gasteiger partial charge in [-0.15, -0.1) is 0 Å². The summed E-state index contributed by atoms with van der Waals surface area (Å²) < 4.78 is 14.6. The minimum Gasteiger partial charge on any atom is -0.300 e. The van der Waals surface area contributed by atoms with E-state index in [1.165, 1.54) is 32.1 Å². The Morgan fingerprint density at radius 1 is 1.11 bits per heavy atom. The van der Waals surface area contributed by atoms with Crippen LogP contribution in [0.2, 0.25) is 0 Å². The van der Waals surface area contributed by atoms with Crippen molar-refractivity contribution < 1.29 is 4.57 Å². The molecule has 1 aromatic carbocycles. The van der Waals surface area contributed by atoms with Crippen LogP contribution in [-0.2, 0) is 4.57 Å². The van der Waals surface area contributed by atoms with Gasteiger partial charge < -0.3 is 0 Å². The molecular formula is C14H22NOPS. The summed E-state index contributed by atoms with van der Waals surface area (Å²) in [6, 6.07) is 10.1. The number of nitrogens with zero attached hydrogens (tertiary/aromatic N) is 1. The van der Waals surface area contributed by atoms with Crippen molar-refractivity contribution in [3.8, 4) is 0 Å². The quantitative estimate of drug-likeness (QED) is 0.572. The predicted molar refractivity (Wildman–Crippen MR) is 82.8 cm³/mol. The van der Waals surface area contributed by atoms with Gasteiger partial charge in [-0.1, -0.05) is 37.5 Å². The zero-order valence-corrected chi connectivity index (χ0v) is 12.9. The molecule has 4 heteroatoms. The van der Waals surface area contributed by atoms with Gasteiger partial charge >= 0.3 is 0 Å². The lowest BCUT2D eigenvalue weighted by Crippen LogP contribution is -2.18. The molecule has 2 rings (SSSR count). The topological polar surface area (TPSA) is 20.3 Å². The van der Waals surface area contributed by atoms with E-state index in [1.54, 1.807) is 11.9 Å². The Balaban J connectivity index is 2.13. The van der Waals surface area contributed by atoms with Crippen LogP contribution in [0.15, 0.2) is 30.3 Å². The van der Waals surface area contributed by atoms with Crippen molar-refractivity contribution in [1.82, 2.24) is 0 Å². The van der Waals surface area contributed by atoms with Crippen molar-refractivity contribution in [2.45, 2.75) is 37.4 Å². The molecule has 0 aromatic heterocycles. The van der Waals surface area contributed by atoms with E-state index < -0.39 is 7.29 Å². The van der Waals surface area contributed by atoms with Crippen LogP contribution >= 0.6 is 19.2 Å². The van der Waals surface area contributed by atoms with Gasteiger partial charge in [-0.2, -0.15) is 0 Å². The third-order valence-electron chi connectivity index (χ3n) is 3.22. The highest BCUT2D eigenvalue weighted by molar-refractivity contribution is 8.07. The van der Waals surface area contributed by atoms with E-state index in [1.807, 2.05) is 31.5 Å². The molecule has 18 heavy (non-hydrogen) atoms. The molecule has 0 aliphatic heterocycles. The fourth-order valence-electron chi connectivity index (χ4n) is 2.32. The molecule has 0 radical (unpaired) electrons. The molecule has 0 atom stereocenters. The molecule has 0 spiro atoms. The van der Waals surface area contributed by atoms with Crippen molar-refractivity contribution in [2.75, 3.05) is 17.4 Å². The lowest BCUT2D eigenvalue weighted by atomic mass is 10.0. The van der Waals surface area contributed by atoms with Gasteiger partial charge in [0.05, 0.1) is 5.69 Å². The smallest absolute Gasteiger partial charge is 0.176 e. The Bertz CT molecular complexity index is 411. The average molecular weight is 283 g/mol. The van der Waals surface area contributed by atoms with Crippen molar-refractivity contribution in [1.29, 1.82) is 0 Å². The van der Waals surface area contributed by atoms with E-state index in [-0.39, 0.29) is 0 Å². The fourth-order valence-corrected chi connectivity index (χ4v) is 5.39. The summed E-state index contributed by atoms with van der Waals surface area (Å²) in [7, 11) is -2.27. The van der Waals surface area contributed by atoms with Crippen LogP contribution in [0, 0.1) is 0 Å². The zero-order valence-electron chi connectivity index (χ0n) is 11.2. The molecule has 0 unspecified atom stereocenters. The van der Waals surface area contributed by atoms with Crippen molar-refractivity contribution in [3.63, 3.8) is 0 Å². The summed E-state index contributed by atoms with van der Waals surface area (Å²) in [5.74, 6) is 0. The summed E-state index contributed by atoms with van der Waals surface area (Å²) in [5, 5.41) is 0.632. The lowest BCUT2D eigenvalue weighted by Gasteiger charge is -2.32. The molecule has 1 aromatic rings. The first-order valence-corrected chi connectivity index (χ1v) is 10.0. The normalized spacial score (nSPS) is 17.7. The Morgan fingerprint density at radius 2 is 1.72 bits per heavy atom. The Morgan fingerprint density at radius 3 is 2.28 bits per heavy atom. The molecular weight excluding hydrogens is 261 g/mol. The predicted octanol–water partition coefficient (Wildman–Crippen LogP) is 5.01. The molecule has 1 aliphatic carbocycles. The van der Waals surface area contributed by atoms with E-state index in [0.717, 1.165) is 5.69 Å². The number of para-hydroxylation sites is 1. The number of hydrogen-bond acceptors (Lipinski definition) is 2. The minimum absolute atomic E-state index is 0.632. The summed E-state index contributed by atoms with van der Waals surface area (Å²) in [4.78, 5) is 0. The number of hydrogen-bond donors (Lipinski definition) is 0. The third kappa shape index (κ3) is 3.80. The van der Waals surface area contributed by atoms with Crippen LogP contribution < -0.4 is 4.08 Å². The molecule has 1 saturated carbocycles. The van der Waals surface area contributed by atoms with Crippen LogP contribution in [-0.4, -0.2) is 18.6 Å². The second kappa shape index (κ2) is 6.16. The van der Waals surface area contributed by atoms with E-state index >= 15 is 0 Å². The first-order chi connectivity index (χ1) is 8.57. The first kappa shape index (κ1) is 14.0. The van der Waals surface area contributed by atoms with Crippen LogP contribution in [0.1, 0.15) is 32.1 Å². The van der Waals surface area contributed by atoms with Crippen molar-refractivity contribution >= 4 is 24.9 Å². The summed E-state index contributed by atoms with van der Waals surface area (Å²) in [6.07, 6.45) is 6.51. The van der Waals surface area contributed by atoms with Gasteiger partial charge in [-0.05, 0) is 36.9 Å². The van der Waals surface area contributed by atoms with Gasteiger partial charge in [0, 0.05) is 18.6 Å². The molecule has 0 N–H and O–H groups in total. The van der Waals surface area contributed by atoms with E-state index in [2.05, 4.69) is 16.2 Å². The molecule has 1 aliphatic rings. The van der Waals surface area contributed by atoms with Gasteiger partial charge in [0.2, 0.25) is 0 Å². The molecule has 0 heterocycles.